The summed E-state index contributed by atoms with van der Waals surface area (Å²) >= 11 is 0. The number of esters is 1. The van der Waals surface area contributed by atoms with Crippen molar-refractivity contribution in [3.05, 3.63) is 35.9 Å². The lowest BCUT2D eigenvalue weighted by molar-refractivity contribution is -0.146. The molecule has 1 atom stereocenters. The van der Waals surface area contributed by atoms with E-state index in [2.05, 4.69) is 4.74 Å². The molecular weight excluding hydrogens is 230 g/mol. The monoisotopic (exact) mass is 249 g/mol. The molecule has 18 heavy (non-hydrogen) atoms. The Morgan fingerprint density at radius 2 is 1.89 bits per heavy atom. The Morgan fingerprint density at radius 3 is 2.39 bits per heavy atom. The summed E-state index contributed by atoms with van der Waals surface area (Å²) in [5, 5.41) is 0. The molecule has 0 bridgehead atoms. The quantitative estimate of drug-likeness (QED) is 0.748. The maximum absolute atomic E-state index is 11.6. The van der Waals surface area contributed by atoms with E-state index in [0.29, 0.717) is 13.1 Å². The number of methoxy groups -OCH3 is 1. The summed E-state index contributed by atoms with van der Waals surface area (Å²) in [6.45, 7) is 4.15. The van der Waals surface area contributed by atoms with Crippen LogP contribution in [0.3, 0.4) is 0 Å². The molecule has 4 heteroatoms. The maximum Gasteiger partial charge on any atom is 0.310 e. The van der Waals surface area contributed by atoms with Gasteiger partial charge in [0, 0.05) is 20.0 Å². The fourth-order valence-corrected chi connectivity index (χ4v) is 1.71. The van der Waals surface area contributed by atoms with Gasteiger partial charge in [-0.25, -0.2) is 0 Å². The minimum atomic E-state index is -0.317. The number of benzene rings is 1. The topological polar surface area (TPSA) is 46.6 Å². The smallest absolute Gasteiger partial charge is 0.310 e. The number of hydrogen-bond donors (Lipinski definition) is 0. The lowest BCUT2D eigenvalue weighted by Gasteiger charge is -2.23. The first-order chi connectivity index (χ1) is 8.54. The molecule has 1 aromatic carbocycles. The van der Waals surface area contributed by atoms with Crippen LogP contribution in [0.15, 0.2) is 30.3 Å². The third-order valence-corrected chi connectivity index (χ3v) is 2.76. The van der Waals surface area contributed by atoms with Gasteiger partial charge in [0.25, 0.3) is 0 Å². The Bertz CT molecular complexity index is 403. The number of hydrogen-bond acceptors (Lipinski definition) is 3. The van der Waals surface area contributed by atoms with Crippen molar-refractivity contribution < 1.29 is 14.3 Å². The van der Waals surface area contributed by atoms with Crippen LogP contribution in [0.2, 0.25) is 0 Å². The number of ether oxygens (including phenoxy) is 1. The van der Waals surface area contributed by atoms with Crippen LogP contribution in [-0.4, -0.2) is 30.4 Å². The van der Waals surface area contributed by atoms with Crippen molar-refractivity contribution in [2.45, 2.75) is 20.4 Å². The molecule has 0 heterocycles. The molecule has 0 spiro atoms. The van der Waals surface area contributed by atoms with Crippen LogP contribution in [0.5, 0.6) is 0 Å². The molecule has 1 amide bonds. The molecule has 0 N–H and O–H groups in total. The number of amides is 1. The van der Waals surface area contributed by atoms with E-state index in [0.717, 1.165) is 5.56 Å². The summed E-state index contributed by atoms with van der Waals surface area (Å²) in [5.41, 5.74) is 1.05. The third-order valence-electron chi connectivity index (χ3n) is 2.76. The Kier molecular flexibility index (Phi) is 5.36. The summed E-state index contributed by atoms with van der Waals surface area (Å²) in [7, 11) is 1.36. The highest BCUT2D eigenvalue weighted by molar-refractivity contribution is 5.76. The molecule has 0 aliphatic heterocycles. The summed E-state index contributed by atoms with van der Waals surface area (Å²) < 4.78 is 4.67. The van der Waals surface area contributed by atoms with Crippen molar-refractivity contribution >= 4 is 11.9 Å². The van der Waals surface area contributed by atoms with E-state index in [4.69, 9.17) is 0 Å². The predicted molar refractivity (Wildman–Crippen MR) is 68.7 cm³/mol. The number of nitrogens with zero attached hydrogens (tertiary/aromatic N) is 1. The van der Waals surface area contributed by atoms with Crippen molar-refractivity contribution in [1.82, 2.24) is 4.90 Å². The van der Waals surface area contributed by atoms with Crippen molar-refractivity contribution in [3.8, 4) is 0 Å². The van der Waals surface area contributed by atoms with Gasteiger partial charge >= 0.3 is 5.97 Å². The Labute approximate surface area is 108 Å². The van der Waals surface area contributed by atoms with Gasteiger partial charge in [-0.05, 0) is 5.56 Å². The molecule has 0 saturated carbocycles. The molecular formula is C14H19NO3. The first kappa shape index (κ1) is 14.2. The van der Waals surface area contributed by atoms with Crippen LogP contribution < -0.4 is 0 Å². The average Bonchev–Trinajstić information content (AvgIpc) is 2.37. The second kappa shape index (κ2) is 6.79. The summed E-state index contributed by atoms with van der Waals surface area (Å²) in [4.78, 5) is 24.6. The number of carbonyl (C=O) groups excluding carboxylic acids is 2. The summed E-state index contributed by atoms with van der Waals surface area (Å²) in [6, 6.07) is 9.70. The molecule has 0 fully saturated rings. The lowest BCUT2D eigenvalue weighted by atomic mass is 10.1. The molecule has 1 rings (SSSR count). The van der Waals surface area contributed by atoms with Gasteiger partial charge in [-0.15, -0.1) is 0 Å². The van der Waals surface area contributed by atoms with Crippen molar-refractivity contribution in [3.63, 3.8) is 0 Å². The molecule has 0 saturated heterocycles. The molecule has 1 aromatic rings. The lowest BCUT2D eigenvalue weighted by Crippen LogP contribution is -2.35. The third kappa shape index (κ3) is 4.20. The molecule has 0 aliphatic carbocycles. The van der Waals surface area contributed by atoms with Crippen molar-refractivity contribution in [2.75, 3.05) is 13.7 Å². The first-order valence-electron chi connectivity index (χ1n) is 5.92. The predicted octanol–water partition coefficient (Wildman–Crippen LogP) is 1.84. The van der Waals surface area contributed by atoms with Crippen LogP contribution in [0.1, 0.15) is 19.4 Å². The van der Waals surface area contributed by atoms with Crippen molar-refractivity contribution in [2.24, 2.45) is 5.92 Å². The van der Waals surface area contributed by atoms with Crippen LogP contribution in [0.4, 0.5) is 0 Å². The molecule has 1 unspecified atom stereocenters. The second-order valence-electron chi connectivity index (χ2n) is 4.31. The zero-order chi connectivity index (χ0) is 13.5. The van der Waals surface area contributed by atoms with E-state index in [9.17, 15) is 9.59 Å². The number of carbonyl (C=O) groups is 2. The van der Waals surface area contributed by atoms with Crippen LogP contribution in [-0.2, 0) is 20.9 Å². The molecule has 0 aromatic heterocycles. The zero-order valence-electron chi connectivity index (χ0n) is 11.1. The van der Waals surface area contributed by atoms with Gasteiger partial charge in [0.2, 0.25) is 5.91 Å². The van der Waals surface area contributed by atoms with Gasteiger partial charge in [0.15, 0.2) is 0 Å². The van der Waals surface area contributed by atoms with Gasteiger partial charge in [-0.2, -0.15) is 0 Å². The summed E-state index contributed by atoms with van der Waals surface area (Å²) in [5.74, 6) is -0.661. The SMILES string of the molecule is COC(=O)C(C)CN(Cc1ccccc1)C(C)=O. The van der Waals surface area contributed by atoms with Gasteiger partial charge in [-0.1, -0.05) is 37.3 Å². The van der Waals surface area contributed by atoms with E-state index in [-0.39, 0.29) is 17.8 Å². The zero-order valence-corrected chi connectivity index (χ0v) is 11.1. The van der Waals surface area contributed by atoms with Gasteiger partial charge < -0.3 is 9.64 Å². The largest absolute Gasteiger partial charge is 0.469 e. The van der Waals surface area contributed by atoms with E-state index in [1.807, 2.05) is 30.3 Å². The first-order valence-corrected chi connectivity index (χ1v) is 5.92. The molecule has 0 radical (unpaired) electrons. The molecule has 98 valence electrons. The van der Waals surface area contributed by atoms with E-state index >= 15 is 0 Å². The summed E-state index contributed by atoms with van der Waals surface area (Å²) in [6.07, 6.45) is 0. The highest BCUT2D eigenvalue weighted by atomic mass is 16.5. The fraction of sp³-hybridized carbons (Fsp3) is 0.429. The molecule has 0 aliphatic rings. The normalized spacial score (nSPS) is 11.7. The fourth-order valence-electron chi connectivity index (χ4n) is 1.71. The minimum absolute atomic E-state index is 0.0467. The van der Waals surface area contributed by atoms with Crippen molar-refractivity contribution in [1.29, 1.82) is 0 Å². The highest BCUT2D eigenvalue weighted by Gasteiger charge is 2.19. The average molecular weight is 249 g/mol. The van der Waals surface area contributed by atoms with Crippen LogP contribution in [0.25, 0.3) is 0 Å². The highest BCUT2D eigenvalue weighted by Crippen LogP contribution is 2.08. The van der Waals surface area contributed by atoms with E-state index in [1.165, 1.54) is 14.0 Å². The Balaban J connectivity index is 2.67. The second-order valence-corrected chi connectivity index (χ2v) is 4.31. The van der Waals surface area contributed by atoms with Gasteiger partial charge in [0.1, 0.15) is 0 Å². The Hall–Kier alpha value is -1.84. The minimum Gasteiger partial charge on any atom is -0.469 e. The van der Waals surface area contributed by atoms with Gasteiger partial charge in [-0.3, -0.25) is 9.59 Å². The van der Waals surface area contributed by atoms with Crippen LogP contribution >= 0.6 is 0 Å². The van der Waals surface area contributed by atoms with Gasteiger partial charge in [0.05, 0.1) is 13.0 Å². The van der Waals surface area contributed by atoms with E-state index in [1.54, 1.807) is 11.8 Å². The maximum atomic E-state index is 11.6. The van der Waals surface area contributed by atoms with Crippen LogP contribution in [0, 0.1) is 5.92 Å². The number of rotatable bonds is 5. The van der Waals surface area contributed by atoms with E-state index < -0.39 is 0 Å². The standard InChI is InChI=1S/C14H19NO3/c1-11(14(17)18-3)9-15(12(2)16)10-13-7-5-4-6-8-13/h4-8,11H,9-10H2,1-3H3. The molecule has 4 nitrogen and oxygen atoms in total. The Morgan fingerprint density at radius 1 is 1.28 bits per heavy atom.